The Hall–Kier alpha value is -2.22. The molecular formula is C15H11F4NO2S. The topological polar surface area (TPSA) is 38.3 Å². The summed E-state index contributed by atoms with van der Waals surface area (Å²) in [6.45, 7) is -3.01. The Labute approximate surface area is 133 Å². The van der Waals surface area contributed by atoms with Gasteiger partial charge in [0, 0.05) is 4.90 Å². The minimum atomic E-state index is -3.01. The molecule has 0 aromatic heterocycles. The zero-order chi connectivity index (χ0) is 16.8. The van der Waals surface area contributed by atoms with Gasteiger partial charge in [-0.3, -0.25) is 4.79 Å². The second-order valence-electron chi connectivity index (χ2n) is 4.29. The summed E-state index contributed by atoms with van der Waals surface area (Å²) in [5, 5.41) is 2.43. The summed E-state index contributed by atoms with van der Waals surface area (Å²) in [4.78, 5) is 12.2. The van der Waals surface area contributed by atoms with Crippen LogP contribution in [0.25, 0.3) is 0 Å². The molecule has 0 aliphatic rings. The summed E-state index contributed by atoms with van der Waals surface area (Å²) in [5.74, 6) is -2.74. The number of nitrogens with one attached hydrogen (secondary N) is 1. The van der Waals surface area contributed by atoms with E-state index in [0.717, 1.165) is 23.9 Å². The molecule has 0 aliphatic carbocycles. The summed E-state index contributed by atoms with van der Waals surface area (Å²) in [7, 11) is 0. The molecule has 0 unspecified atom stereocenters. The first-order valence-corrected chi connectivity index (χ1v) is 7.36. The molecular weight excluding hydrogens is 334 g/mol. The van der Waals surface area contributed by atoms with Gasteiger partial charge in [-0.2, -0.15) is 8.78 Å². The van der Waals surface area contributed by atoms with Crippen LogP contribution in [-0.4, -0.2) is 18.3 Å². The quantitative estimate of drug-likeness (QED) is 0.627. The highest BCUT2D eigenvalue weighted by Crippen LogP contribution is 2.26. The monoisotopic (exact) mass is 345 g/mol. The van der Waals surface area contributed by atoms with E-state index in [-0.39, 0.29) is 17.2 Å². The maximum atomic E-state index is 13.0. The number of para-hydroxylation sites is 2. The Morgan fingerprint density at radius 3 is 2.57 bits per heavy atom. The normalized spacial score (nSPS) is 10.7. The number of ether oxygens (including phenoxy) is 1. The van der Waals surface area contributed by atoms with E-state index < -0.39 is 24.2 Å². The lowest BCUT2D eigenvalue weighted by atomic mass is 10.3. The maximum Gasteiger partial charge on any atom is 0.387 e. The van der Waals surface area contributed by atoms with Crippen molar-refractivity contribution in [3.05, 3.63) is 54.1 Å². The van der Waals surface area contributed by atoms with Gasteiger partial charge in [-0.15, -0.1) is 11.8 Å². The summed E-state index contributed by atoms with van der Waals surface area (Å²) in [5.41, 5.74) is 0.101. The number of amides is 1. The van der Waals surface area contributed by atoms with Gasteiger partial charge in [0.15, 0.2) is 11.6 Å². The number of benzene rings is 2. The molecule has 0 radical (unpaired) electrons. The fraction of sp³-hybridized carbons (Fsp3) is 0.133. The number of halogens is 4. The minimum absolute atomic E-state index is 0.101. The van der Waals surface area contributed by atoms with Crippen LogP contribution in [0.5, 0.6) is 5.75 Å². The zero-order valence-corrected chi connectivity index (χ0v) is 12.4. The van der Waals surface area contributed by atoms with E-state index in [1.807, 2.05) is 0 Å². The molecule has 122 valence electrons. The summed E-state index contributed by atoms with van der Waals surface area (Å²) < 4.78 is 54.7. The van der Waals surface area contributed by atoms with E-state index in [2.05, 4.69) is 10.1 Å². The van der Waals surface area contributed by atoms with Crippen molar-refractivity contribution in [1.82, 2.24) is 0 Å². The lowest BCUT2D eigenvalue weighted by Gasteiger charge is -2.11. The molecule has 0 bridgehead atoms. The highest BCUT2D eigenvalue weighted by atomic mass is 32.2. The molecule has 0 spiro atoms. The van der Waals surface area contributed by atoms with E-state index >= 15 is 0 Å². The lowest BCUT2D eigenvalue weighted by Crippen LogP contribution is -2.15. The van der Waals surface area contributed by atoms with Crippen LogP contribution in [0, 0.1) is 11.6 Å². The highest BCUT2D eigenvalue weighted by molar-refractivity contribution is 8.00. The van der Waals surface area contributed by atoms with Crippen molar-refractivity contribution >= 4 is 23.4 Å². The summed E-state index contributed by atoms with van der Waals surface area (Å²) in [6, 6.07) is 9.02. The third kappa shape index (κ3) is 5.17. The van der Waals surface area contributed by atoms with Crippen LogP contribution in [-0.2, 0) is 4.79 Å². The number of rotatable bonds is 6. The van der Waals surface area contributed by atoms with Gasteiger partial charge < -0.3 is 10.1 Å². The average Bonchev–Trinajstić information content (AvgIpc) is 2.50. The summed E-state index contributed by atoms with van der Waals surface area (Å²) in [6.07, 6.45) is 0. The number of anilines is 1. The average molecular weight is 345 g/mol. The van der Waals surface area contributed by atoms with Gasteiger partial charge in [-0.1, -0.05) is 12.1 Å². The van der Waals surface area contributed by atoms with Gasteiger partial charge in [0.1, 0.15) is 5.75 Å². The van der Waals surface area contributed by atoms with Crippen LogP contribution < -0.4 is 10.1 Å². The molecule has 0 heterocycles. The molecule has 2 aromatic carbocycles. The number of hydrogen-bond acceptors (Lipinski definition) is 3. The van der Waals surface area contributed by atoms with Crippen molar-refractivity contribution < 1.29 is 27.1 Å². The molecule has 2 rings (SSSR count). The molecule has 0 atom stereocenters. The Morgan fingerprint density at radius 1 is 1.13 bits per heavy atom. The molecule has 0 aliphatic heterocycles. The Morgan fingerprint density at radius 2 is 1.87 bits per heavy atom. The Balaban J connectivity index is 1.96. The van der Waals surface area contributed by atoms with Crippen molar-refractivity contribution in [2.45, 2.75) is 11.5 Å². The maximum absolute atomic E-state index is 13.0. The van der Waals surface area contributed by atoms with E-state index in [4.69, 9.17) is 0 Å². The van der Waals surface area contributed by atoms with Gasteiger partial charge >= 0.3 is 6.61 Å². The van der Waals surface area contributed by atoms with Crippen LogP contribution in [0.4, 0.5) is 23.2 Å². The van der Waals surface area contributed by atoms with E-state index in [1.165, 1.54) is 24.3 Å². The molecule has 8 heteroatoms. The number of hydrogen-bond donors (Lipinski definition) is 1. The van der Waals surface area contributed by atoms with Crippen molar-refractivity contribution in [3.8, 4) is 5.75 Å². The third-order valence-electron chi connectivity index (χ3n) is 2.64. The number of thioether (sulfide) groups is 1. The predicted molar refractivity (Wildman–Crippen MR) is 78.8 cm³/mol. The number of carbonyl (C=O) groups is 1. The first-order valence-electron chi connectivity index (χ1n) is 6.37. The molecule has 23 heavy (non-hydrogen) atoms. The molecule has 2 aromatic rings. The van der Waals surface area contributed by atoms with Crippen molar-refractivity contribution in [2.24, 2.45) is 0 Å². The van der Waals surface area contributed by atoms with E-state index in [1.54, 1.807) is 6.07 Å². The largest absolute Gasteiger partial charge is 0.433 e. The predicted octanol–water partition coefficient (Wildman–Crippen LogP) is 4.30. The van der Waals surface area contributed by atoms with Crippen molar-refractivity contribution in [2.75, 3.05) is 11.1 Å². The van der Waals surface area contributed by atoms with Crippen molar-refractivity contribution in [3.63, 3.8) is 0 Å². The molecule has 0 saturated heterocycles. The lowest BCUT2D eigenvalue weighted by molar-refractivity contribution is -0.113. The molecule has 1 N–H and O–H groups in total. The molecule has 3 nitrogen and oxygen atoms in total. The standard InChI is InChI=1S/C15H11F4NO2S/c16-10-6-5-9(7-11(10)17)23-8-14(21)20-12-3-1-2-4-13(12)22-15(18)19/h1-7,15H,8H2,(H,20,21). The zero-order valence-electron chi connectivity index (χ0n) is 11.6. The smallest absolute Gasteiger partial charge is 0.387 e. The second kappa shape index (κ2) is 7.87. The van der Waals surface area contributed by atoms with Crippen LogP contribution >= 0.6 is 11.8 Å². The number of alkyl halides is 2. The van der Waals surface area contributed by atoms with Crippen LogP contribution in [0.2, 0.25) is 0 Å². The third-order valence-corrected chi connectivity index (χ3v) is 3.63. The molecule has 0 saturated carbocycles. The first kappa shape index (κ1) is 17.1. The fourth-order valence-corrected chi connectivity index (χ4v) is 2.39. The van der Waals surface area contributed by atoms with Gasteiger partial charge in [0.2, 0.25) is 5.91 Å². The van der Waals surface area contributed by atoms with E-state index in [0.29, 0.717) is 4.90 Å². The van der Waals surface area contributed by atoms with Crippen LogP contribution in [0.15, 0.2) is 47.4 Å². The van der Waals surface area contributed by atoms with Crippen molar-refractivity contribution in [1.29, 1.82) is 0 Å². The molecule has 0 fully saturated rings. The fourth-order valence-electron chi connectivity index (χ4n) is 1.67. The van der Waals surface area contributed by atoms with Crippen LogP contribution in [0.3, 0.4) is 0 Å². The Bertz CT molecular complexity index is 697. The Kier molecular flexibility index (Phi) is 5.86. The van der Waals surface area contributed by atoms with Gasteiger partial charge in [0.05, 0.1) is 11.4 Å². The van der Waals surface area contributed by atoms with Gasteiger partial charge in [-0.05, 0) is 30.3 Å². The van der Waals surface area contributed by atoms with E-state index in [9.17, 15) is 22.4 Å². The summed E-state index contributed by atoms with van der Waals surface area (Å²) >= 11 is 0.983. The first-order chi connectivity index (χ1) is 11.0. The molecule has 1 amide bonds. The van der Waals surface area contributed by atoms with Gasteiger partial charge in [-0.25, -0.2) is 8.78 Å². The highest BCUT2D eigenvalue weighted by Gasteiger charge is 2.12. The number of carbonyl (C=O) groups excluding carboxylic acids is 1. The SMILES string of the molecule is O=C(CSc1ccc(F)c(F)c1)Nc1ccccc1OC(F)F. The van der Waals surface area contributed by atoms with Gasteiger partial charge in [0.25, 0.3) is 0 Å². The second-order valence-corrected chi connectivity index (χ2v) is 5.34. The minimum Gasteiger partial charge on any atom is -0.433 e. The van der Waals surface area contributed by atoms with Crippen LogP contribution in [0.1, 0.15) is 0 Å².